The lowest BCUT2D eigenvalue weighted by molar-refractivity contribution is 0.295. The zero-order valence-corrected chi connectivity index (χ0v) is 9.28. The van der Waals surface area contributed by atoms with E-state index in [1.807, 2.05) is 0 Å². The first-order chi connectivity index (χ1) is 7.34. The van der Waals surface area contributed by atoms with Crippen LogP contribution in [0.25, 0.3) is 0 Å². The molecule has 0 aromatic heterocycles. The van der Waals surface area contributed by atoms with Gasteiger partial charge in [-0.25, -0.2) is 0 Å². The number of hydrogen-bond acceptors (Lipinski definition) is 1. The third-order valence-corrected chi connectivity index (χ3v) is 2.95. The van der Waals surface area contributed by atoms with Crippen LogP contribution in [0.4, 0.5) is 0 Å². The first-order valence-corrected chi connectivity index (χ1v) is 5.77. The molecule has 15 heavy (non-hydrogen) atoms. The van der Waals surface area contributed by atoms with Crippen molar-refractivity contribution in [2.24, 2.45) is 0 Å². The van der Waals surface area contributed by atoms with Crippen LogP contribution in [0.1, 0.15) is 24.8 Å². The largest absolute Gasteiger partial charge is 0.295 e. The molecule has 1 aliphatic heterocycles. The molecular formula is C14H19N. The zero-order chi connectivity index (χ0) is 10.5. The van der Waals surface area contributed by atoms with Gasteiger partial charge in [-0.1, -0.05) is 42.5 Å². The summed E-state index contributed by atoms with van der Waals surface area (Å²) in [5.74, 6) is 0. The molecular weight excluding hydrogens is 182 g/mol. The minimum atomic E-state index is 1.07. The lowest BCUT2D eigenvalue weighted by atomic mass is 10.1. The van der Waals surface area contributed by atoms with Crippen molar-refractivity contribution in [2.45, 2.75) is 25.8 Å². The number of likely N-dealkylation sites (tertiary alicyclic amines) is 1. The summed E-state index contributed by atoms with van der Waals surface area (Å²) in [5, 5.41) is 0. The Morgan fingerprint density at radius 3 is 2.73 bits per heavy atom. The highest BCUT2D eigenvalue weighted by molar-refractivity contribution is 5.15. The van der Waals surface area contributed by atoms with Gasteiger partial charge in [0.2, 0.25) is 0 Å². The normalized spacial score (nSPS) is 18.8. The van der Waals surface area contributed by atoms with Gasteiger partial charge in [0.15, 0.2) is 0 Å². The molecule has 1 aromatic carbocycles. The van der Waals surface area contributed by atoms with Gasteiger partial charge in [-0.2, -0.15) is 0 Å². The highest BCUT2D eigenvalue weighted by Gasteiger charge is 2.11. The maximum absolute atomic E-state index is 4.12. The van der Waals surface area contributed by atoms with Crippen molar-refractivity contribution in [1.82, 2.24) is 4.90 Å². The molecule has 1 heterocycles. The molecule has 1 heteroatoms. The molecule has 1 aliphatic rings. The smallest absolute Gasteiger partial charge is 0.0237 e. The molecule has 0 N–H and O–H groups in total. The predicted molar refractivity (Wildman–Crippen MR) is 64.7 cm³/mol. The maximum Gasteiger partial charge on any atom is 0.0237 e. The first-order valence-electron chi connectivity index (χ1n) is 5.77. The highest BCUT2D eigenvalue weighted by Crippen LogP contribution is 2.15. The Bertz CT molecular complexity index is 315. The van der Waals surface area contributed by atoms with E-state index in [9.17, 15) is 0 Å². The van der Waals surface area contributed by atoms with Crippen LogP contribution in [0.2, 0.25) is 0 Å². The first kappa shape index (κ1) is 10.4. The summed E-state index contributed by atoms with van der Waals surface area (Å²) in [6, 6.07) is 10.7. The fraction of sp³-hybridized carbons (Fsp3) is 0.429. The van der Waals surface area contributed by atoms with Gasteiger partial charge >= 0.3 is 0 Å². The van der Waals surface area contributed by atoms with Crippen molar-refractivity contribution in [1.29, 1.82) is 0 Å². The summed E-state index contributed by atoms with van der Waals surface area (Å²) in [5.41, 5.74) is 2.80. The quantitative estimate of drug-likeness (QED) is 0.664. The standard InChI is InChI=1S/C14H19N/c1-13-7-5-6-10-15(11-13)12-14-8-3-2-4-9-14/h2-4,8-9H,1,5-7,10-12H2. The van der Waals surface area contributed by atoms with Crippen LogP contribution < -0.4 is 0 Å². The molecule has 0 atom stereocenters. The molecule has 0 radical (unpaired) electrons. The van der Waals surface area contributed by atoms with Gasteiger partial charge < -0.3 is 0 Å². The van der Waals surface area contributed by atoms with Crippen LogP contribution in [0, 0.1) is 0 Å². The number of nitrogens with zero attached hydrogens (tertiary/aromatic N) is 1. The molecule has 1 saturated heterocycles. The van der Waals surface area contributed by atoms with Crippen molar-refractivity contribution < 1.29 is 0 Å². The Balaban J connectivity index is 1.96. The van der Waals surface area contributed by atoms with Gasteiger partial charge in [-0.05, 0) is 31.4 Å². The summed E-state index contributed by atoms with van der Waals surface area (Å²) in [7, 11) is 0. The Morgan fingerprint density at radius 2 is 1.93 bits per heavy atom. The molecule has 2 rings (SSSR count). The van der Waals surface area contributed by atoms with Crippen molar-refractivity contribution in [2.75, 3.05) is 13.1 Å². The van der Waals surface area contributed by atoms with Crippen LogP contribution >= 0.6 is 0 Å². The van der Waals surface area contributed by atoms with E-state index in [2.05, 4.69) is 41.8 Å². The summed E-state index contributed by atoms with van der Waals surface area (Å²) >= 11 is 0. The van der Waals surface area contributed by atoms with Crippen molar-refractivity contribution in [3.63, 3.8) is 0 Å². The van der Waals surface area contributed by atoms with E-state index < -0.39 is 0 Å². The molecule has 80 valence electrons. The Morgan fingerprint density at radius 1 is 1.13 bits per heavy atom. The van der Waals surface area contributed by atoms with E-state index >= 15 is 0 Å². The van der Waals surface area contributed by atoms with E-state index in [1.165, 1.54) is 36.9 Å². The maximum atomic E-state index is 4.12. The van der Waals surface area contributed by atoms with E-state index in [-0.39, 0.29) is 0 Å². The molecule has 0 aliphatic carbocycles. The molecule has 1 aromatic rings. The lowest BCUT2D eigenvalue weighted by Crippen LogP contribution is -2.24. The predicted octanol–water partition coefficient (Wildman–Crippen LogP) is 3.23. The Labute approximate surface area is 92.4 Å². The van der Waals surface area contributed by atoms with Crippen LogP contribution in [0.5, 0.6) is 0 Å². The highest BCUT2D eigenvalue weighted by atomic mass is 15.1. The monoisotopic (exact) mass is 201 g/mol. The van der Waals surface area contributed by atoms with Gasteiger partial charge in [-0.3, -0.25) is 4.90 Å². The average molecular weight is 201 g/mol. The number of rotatable bonds is 2. The fourth-order valence-electron chi connectivity index (χ4n) is 2.16. The van der Waals surface area contributed by atoms with E-state index in [1.54, 1.807) is 0 Å². The van der Waals surface area contributed by atoms with Gasteiger partial charge in [0.25, 0.3) is 0 Å². The van der Waals surface area contributed by atoms with Crippen molar-refractivity contribution in [3.05, 3.63) is 48.0 Å². The average Bonchev–Trinajstić information content (AvgIpc) is 2.44. The molecule has 0 saturated carbocycles. The van der Waals surface area contributed by atoms with E-state index in [0.29, 0.717) is 0 Å². The third kappa shape index (κ3) is 3.21. The third-order valence-electron chi connectivity index (χ3n) is 2.95. The van der Waals surface area contributed by atoms with Crippen LogP contribution in [0.15, 0.2) is 42.5 Å². The van der Waals surface area contributed by atoms with Crippen LogP contribution in [-0.2, 0) is 6.54 Å². The number of benzene rings is 1. The van der Waals surface area contributed by atoms with Crippen LogP contribution in [-0.4, -0.2) is 18.0 Å². The van der Waals surface area contributed by atoms with Gasteiger partial charge in [0.1, 0.15) is 0 Å². The molecule has 0 amide bonds. The molecule has 0 spiro atoms. The minimum absolute atomic E-state index is 1.07. The second-order valence-electron chi connectivity index (χ2n) is 4.40. The van der Waals surface area contributed by atoms with Gasteiger partial charge in [0.05, 0.1) is 0 Å². The van der Waals surface area contributed by atoms with E-state index in [0.717, 1.165) is 13.1 Å². The molecule has 1 fully saturated rings. The molecule has 0 bridgehead atoms. The molecule has 1 nitrogen and oxygen atoms in total. The minimum Gasteiger partial charge on any atom is -0.295 e. The Hall–Kier alpha value is -1.08. The van der Waals surface area contributed by atoms with Crippen molar-refractivity contribution >= 4 is 0 Å². The summed E-state index contributed by atoms with van der Waals surface area (Å²) in [4.78, 5) is 2.50. The Kier molecular flexibility index (Phi) is 3.57. The summed E-state index contributed by atoms with van der Waals surface area (Å²) in [6.45, 7) is 7.49. The second-order valence-corrected chi connectivity index (χ2v) is 4.40. The number of hydrogen-bond donors (Lipinski definition) is 0. The molecule has 0 unspecified atom stereocenters. The topological polar surface area (TPSA) is 3.24 Å². The summed E-state index contributed by atoms with van der Waals surface area (Å²) in [6.07, 6.45) is 3.83. The summed E-state index contributed by atoms with van der Waals surface area (Å²) < 4.78 is 0. The fourth-order valence-corrected chi connectivity index (χ4v) is 2.16. The second kappa shape index (κ2) is 5.13. The van der Waals surface area contributed by atoms with Crippen LogP contribution in [0.3, 0.4) is 0 Å². The van der Waals surface area contributed by atoms with Crippen molar-refractivity contribution in [3.8, 4) is 0 Å². The lowest BCUT2D eigenvalue weighted by Gasteiger charge is -2.20. The van der Waals surface area contributed by atoms with E-state index in [4.69, 9.17) is 0 Å². The zero-order valence-electron chi connectivity index (χ0n) is 9.28. The SMILES string of the molecule is C=C1CCCCN(Cc2ccccc2)C1. The van der Waals surface area contributed by atoms with Gasteiger partial charge in [-0.15, -0.1) is 0 Å². The van der Waals surface area contributed by atoms with Gasteiger partial charge in [0, 0.05) is 13.1 Å².